The Hall–Kier alpha value is -3.64. The second-order valence-corrected chi connectivity index (χ2v) is 7.64. The maximum Gasteiger partial charge on any atom is 0.232 e. The van der Waals surface area contributed by atoms with Gasteiger partial charge in [0.1, 0.15) is 17.4 Å². The number of benzene rings is 3. The Balaban J connectivity index is 1.71. The fraction of sp³-hybridized carbons (Fsp3) is 0.120. The third-order valence-corrected chi connectivity index (χ3v) is 5.38. The van der Waals surface area contributed by atoms with E-state index in [1.54, 1.807) is 38.4 Å². The summed E-state index contributed by atoms with van der Waals surface area (Å²) >= 11 is 6.06. The molecule has 32 heavy (non-hydrogen) atoms. The lowest BCUT2D eigenvalue weighted by Crippen LogP contribution is -2.27. The van der Waals surface area contributed by atoms with E-state index in [9.17, 15) is 9.18 Å². The number of rotatable bonds is 6. The van der Waals surface area contributed by atoms with Gasteiger partial charge in [-0.1, -0.05) is 23.7 Å². The lowest BCUT2D eigenvalue weighted by Gasteiger charge is -2.16. The summed E-state index contributed by atoms with van der Waals surface area (Å²) in [5.74, 6) is 0.813. The zero-order chi connectivity index (χ0) is 22.7. The summed E-state index contributed by atoms with van der Waals surface area (Å²) < 4.78 is 20.7. The molecule has 0 spiro atoms. The van der Waals surface area contributed by atoms with Crippen molar-refractivity contribution in [1.29, 1.82) is 0 Å². The fourth-order valence-electron chi connectivity index (χ4n) is 3.41. The van der Waals surface area contributed by atoms with Gasteiger partial charge in [-0.05, 0) is 60.7 Å². The summed E-state index contributed by atoms with van der Waals surface area (Å²) in [4.78, 5) is 19.2. The maximum absolute atomic E-state index is 13.2. The van der Waals surface area contributed by atoms with Crippen LogP contribution >= 0.6 is 11.6 Å². The Morgan fingerprint density at radius 1 is 1.06 bits per heavy atom. The van der Waals surface area contributed by atoms with Gasteiger partial charge in [-0.25, -0.2) is 9.37 Å². The van der Waals surface area contributed by atoms with E-state index in [0.29, 0.717) is 28.0 Å². The molecule has 1 aromatic heterocycles. The third-order valence-electron chi connectivity index (χ3n) is 5.13. The number of carbonyl (C=O) groups excluding carboxylic acids is 1. The van der Waals surface area contributed by atoms with Gasteiger partial charge in [0.15, 0.2) is 0 Å². The molecule has 0 saturated carbocycles. The Morgan fingerprint density at radius 3 is 2.44 bits per heavy atom. The van der Waals surface area contributed by atoms with Crippen LogP contribution in [0.4, 0.5) is 10.1 Å². The number of likely N-dealkylation sites (N-methyl/N-ethyl adjacent to an activating group) is 1. The van der Waals surface area contributed by atoms with Gasteiger partial charge < -0.3 is 9.64 Å². The van der Waals surface area contributed by atoms with Gasteiger partial charge in [-0.15, -0.1) is 0 Å². The minimum atomic E-state index is -0.349. The van der Waals surface area contributed by atoms with Crippen LogP contribution in [-0.4, -0.2) is 29.6 Å². The molecule has 4 aromatic rings. The number of para-hydroxylation sites is 1. The van der Waals surface area contributed by atoms with Crippen molar-refractivity contribution in [3.63, 3.8) is 0 Å². The lowest BCUT2D eigenvalue weighted by atomic mass is 10.2. The quantitative estimate of drug-likeness (QED) is 0.388. The van der Waals surface area contributed by atoms with E-state index in [1.807, 2.05) is 47.2 Å². The van der Waals surface area contributed by atoms with Crippen molar-refractivity contribution >= 4 is 23.2 Å². The SMILES string of the molecule is COc1ccccc1-c1nc(CC(=O)N(C)c2ccc(F)cc2)cn1-c1ccc(Cl)cc1. The summed E-state index contributed by atoms with van der Waals surface area (Å²) in [5.41, 5.74) is 2.86. The second kappa shape index (κ2) is 9.24. The van der Waals surface area contributed by atoms with Gasteiger partial charge in [0, 0.05) is 29.6 Å². The largest absolute Gasteiger partial charge is 0.496 e. The molecular weight excluding hydrogens is 429 g/mol. The molecule has 1 amide bonds. The average molecular weight is 450 g/mol. The highest BCUT2D eigenvalue weighted by atomic mass is 35.5. The fourth-order valence-corrected chi connectivity index (χ4v) is 3.54. The number of anilines is 1. The number of ether oxygens (including phenoxy) is 1. The van der Waals surface area contributed by atoms with Gasteiger partial charge in [-0.2, -0.15) is 0 Å². The van der Waals surface area contributed by atoms with Crippen LogP contribution in [0.2, 0.25) is 5.02 Å². The molecule has 5 nitrogen and oxygen atoms in total. The second-order valence-electron chi connectivity index (χ2n) is 7.21. The monoisotopic (exact) mass is 449 g/mol. The van der Waals surface area contributed by atoms with E-state index in [-0.39, 0.29) is 18.1 Å². The Morgan fingerprint density at radius 2 is 1.75 bits per heavy atom. The Kier molecular flexibility index (Phi) is 6.23. The van der Waals surface area contributed by atoms with Crippen LogP contribution in [0.1, 0.15) is 5.69 Å². The predicted molar refractivity (Wildman–Crippen MR) is 124 cm³/mol. The highest BCUT2D eigenvalue weighted by Gasteiger charge is 2.19. The number of aromatic nitrogens is 2. The maximum atomic E-state index is 13.2. The Bertz CT molecular complexity index is 1240. The van der Waals surface area contributed by atoms with Gasteiger partial charge in [0.05, 0.1) is 24.8 Å². The van der Waals surface area contributed by atoms with Crippen molar-refractivity contribution in [1.82, 2.24) is 9.55 Å². The number of methoxy groups -OCH3 is 1. The van der Waals surface area contributed by atoms with Crippen LogP contribution in [0.5, 0.6) is 5.75 Å². The molecular formula is C25H21ClFN3O2. The van der Waals surface area contributed by atoms with Crippen LogP contribution in [-0.2, 0) is 11.2 Å². The molecule has 4 rings (SSSR count). The normalized spacial score (nSPS) is 10.8. The number of carbonyl (C=O) groups is 1. The summed E-state index contributed by atoms with van der Waals surface area (Å²) in [7, 11) is 3.27. The van der Waals surface area contributed by atoms with Crippen molar-refractivity contribution in [3.8, 4) is 22.8 Å². The number of halogens is 2. The van der Waals surface area contributed by atoms with Crippen LogP contribution in [0.15, 0.2) is 79.0 Å². The highest BCUT2D eigenvalue weighted by Crippen LogP contribution is 2.31. The van der Waals surface area contributed by atoms with Crippen molar-refractivity contribution in [2.24, 2.45) is 0 Å². The molecule has 3 aromatic carbocycles. The molecule has 0 aliphatic rings. The molecule has 0 N–H and O–H groups in total. The van der Waals surface area contributed by atoms with Gasteiger partial charge in [0.25, 0.3) is 0 Å². The number of nitrogens with zero attached hydrogens (tertiary/aromatic N) is 3. The molecule has 0 atom stereocenters. The van der Waals surface area contributed by atoms with E-state index >= 15 is 0 Å². The first-order chi connectivity index (χ1) is 15.5. The molecule has 0 bridgehead atoms. The Labute approximate surface area is 190 Å². The zero-order valence-electron chi connectivity index (χ0n) is 17.6. The molecule has 0 aliphatic heterocycles. The molecule has 0 unspecified atom stereocenters. The number of hydrogen-bond donors (Lipinski definition) is 0. The summed E-state index contributed by atoms with van der Waals surface area (Å²) in [6.07, 6.45) is 1.91. The van der Waals surface area contributed by atoms with Gasteiger partial charge in [0.2, 0.25) is 5.91 Å². The van der Waals surface area contributed by atoms with Crippen molar-refractivity contribution in [2.45, 2.75) is 6.42 Å². The first-order valence-electron chi connectivity index (χ1n) is 9.96. The molecule has 0 fully saturated rings. The van der Waals surface area contributed by atoms with E-state index in [4.69, 9.17) is 21.3 Å². The molecule has 7 heteroatoms. The molecule has 1 heterocycles. The number of imidazole rings is 1. The topological polar surface area (TPSA) is 47.4 Å². The highest BCUT2D eigenvalue weighted by molar-refractivity contribution is 6.30. The molecule has 0 saturated heterocycles. The van der Waals surface area contributed by atoms with Crippen LogP contribution in [0.25, 0.3) is 17.1 Å². The zero-order valence-corrected chi connectivity index (χ0v) is 18.4. The first kappa shape index (κ1) is 21.6. The van der Waals surface area contributed by atoms with Crippen LogP contribution < -0.4 is 9.64 Å². The third kappa shape index (κ3) is 4.50. The van der Waals surface area contributed by atoms with Crippen LogP contribution in [0, 0.1) is 5.82 Å². The molecule has 162 valence electrons. The smallest absolute Gasteiger partial charge is 0.232 e. The van der Waals surface area contributed by atoms with Gasteiger partial charge in [-0.3, -0.25) is 9.36 Å². The van der Waals surface area contributed by atoms with E-state index < -0.39 is 0 Å². The minimum absolute atomic E-state index is 0.0800. The van der Waals surface area contributed by atoms with Crippen molar-refractivity contribution < 1.29 is 13.9 Å². The van der Waals surface area contributed by atoms with E-state index in [1.165, 1.54) is 17.0 Å². The predicted octanol–water partition coefficient (Wildman–Crippen LogP) is 5.55. The molecule has 0 radical (unpaired) electrons. The standard InChI is InChI=1S/C25H21ClFN3O2/c1-29(20-13-9-18(27)10-14-20)24(31)15-19-16-30(21-11-7-17(26)8-12-21)25(28-19)22-5-3-4-6-23(22)32-2/h3-14,16H,15H2,1-2H3. The molecule has 0 aliphatic carbocycles. The van der Waals surface area contributed by atoms with Gasteiger partial charge >= 0.3 is 0 Å². The van der Waals surface area contributed by atoms with Crippen LogP contribution in [0.3, 0.4) is 0 Å². The van der Waals surface area contributed by atoms with E-state index in [0.717, 1.165) is 11.3 Å². The minimum Gasteiger partial charge on any atom is -0.496 e. The summed E-state index contributed by atoms with van der Waals surface area (Å²) in [6, 6.07) is 20.8. The van der Waals surface area contributed by atoms with E-state index in [2.05, 4.69) is 0 Å². The lowest BCUT2D eigenvalue weighted by molar-refractivity contribution is -0.117. The number of hydrogen-bond acceptors (Lipinski definition) is 3. The number of amides is 1. The average Bonchev–Trinajstić information content (AvgIpc) is 3.23. The van der Waals surface area contributed by atoms with Crippen molar-refractivity contribution in [2.75, 3.05) is 19.1 Å². The summed E-state index contributed by atoms with van der Waals surface area (Å²) in [5, 5.41) is 0.629. The van der Waals surface area contributed by atoms with Crippen molar-refractivity contribution in [3.05, 3.63) is 95.5 Å². The summed E-state index contributed by atoms with van der Waals surface area (Å²) in [6.45, 7) is 0. The first-order valence-corrected chi connectivity index (χ1v) is 10.3.